The zero-order chi connectivity index (χ0) is 3.54. The normalized spacial score (nSPS) is 6.67. The Morgan fingerprint density at radius 2 is 2.33 bits per heavy atom. The molecule has 1 N–H and O–H groups in total. The second-order valence-corrected chi connectivity index (χ2v) is 0.766. The first-order valence-corrected chi connectivity index (χ1v) is 1.44. The molecule has 0 radical (unpaired) electrons. The van der Waals surface area contributed by atoms with Crippen LogP contribution in [0.5, 0.6) is 0 Å². The molecule has 0 saturated carbocycles. The van der Waals surface area contributed by atoms with E-state index in [1.807, 2.05) is 6.07 Å². The molecule has 0 unspecified atom stereocenters. The molecule has 0 amide bonds. The van der Waals surface area contributed by atoms with Gasteiger partial charge in [0, 0.05) is 12.4 Å². The van der Waals surface area contributed by atoms with Gasteiger partial charge in [0.2, 0.25) is 0 Å². The van der Waals surface area contributed by atoms with Crippen LogP contribution in [0.25, 0.3) is 0 Å². The number of hydrogen-bond acceptors (Lipinski definition) is 1. The van der Waals surface area contributed by atoms with Gasteiger partial charge in [-0.15, -0.1) is 0 Å². The summed E-state index contributed by atoms with van der Waals surface area (Å²) in [6.07, 6.45) is 3.46. The number of aromatic nitrogens is 2. The molecular weight excluding hydrogens is 143 g/mol. The third-order valence-electron chi connectivity index (χ3n) is 0.406. The Hall–Kier alpha value is -0.271. The number of H-pyrrole nitrogens is 1. The van der Waals surface area contributed by atoms with Crippen LogP contribution < -0.4 is 0 Å². The minimum absolute atomic E-state index is 0. The molecule has 0 aliphatic carbocycles. The van der Waals surface area contributed by atoms with Crippen LogP contribution in [0.3, 0.4) is 0 Å². The number of nitrogens with zero attached hydrogens (tertiary/aromatic N) is 1. The van der Waals surface area contributed by atoms with Crippen LogP contribution in [0.1, 0.15) is 0 Å². The van der Waals surface area contributed by atoms with Crippen LogP contribution in [0, 0.1) is 0 Å². The number of aromatic amines is 1. The Morgan fingerprint density at radius 3 is 2.50 bits per heavy atom. The summed E-state index contributed by atoms with van der Waals surface area (Å²) >= 11 is 0. The zero-order valence-electron chi connectivity index (χ0n) is 3.18. The van der Waals surface area contributed by atoms with Crippen molar-refractivity contribution in [2.45, 2.75) is 0 Å². The van der Waals surface area contributed by atoms with E-state index >= 15 is 0 Å². The van der Waals surface area contributed by atoms with E-state index in [2.05, 4.69) is 10.2 Å². The predicted octanol–water partition coefficient (Wildman–Crippen LogP) is -0.507. The van der Waals surface area contributed by atoms with Gasteiger partial charge in [-0.05, 0) is 6.07 Å². The van der Waals surface area contributed by atoms with Crippen molar-refractivity contribution >= 4 is 17.1 Å². The van der Waals surface area contributed by atoms with Gasteiger partial charge in [0.25, 0.3) is 0 Å². The molecule has 0 spiro atoms. The van der Waals surface area contributed by atoms with Crippen molar-refractivity contribution in [1.82, 2.24) is 10.2 Å². The molecule has 1 aromatic rings. The Bertz CT molecular complexity index is 65.3. The van der Waals surface area contributed by atoms with Crippen molar-refractivity contribution in [3.63, 3.8) is 0 Å². The minimum Gasteiger partial charge on any atom is -0.286 e. The van der Waals surface area contributed by atoms with Crippen LogP contribution in [0.4, 0.5) is 0 Å². The summed E-state index contributed by atoms with van der Waals surface area (Å²) in [6, 6.07) is 1.83. The molecular formula is C3H6N2Se. The van der Waals surface area contributed by atoms with Crippen molar-refractivity contribution in [3.8, 4) is 0 Å². The van der Waals surface area contributed by atoms with E-state index in [4.69, 9.17) is 0 Å². The monoisotopic (exact) mass is 150 g/mol. The Morgan fingerprint density at radius 1 is 1.50 bits per heavy atom. The average molecular weight is 149 g/mol. The largest absolute Gasteiger partial charge is 0.286 e. The summed E-state index contributed by atoms with van der Waals surface area (Å²) in [5.74, 6) is 0. The van der Waals surface area contributed by atoms with Crippen molar-refractivity contribution < 1.29 is 0 Å². The number of hydrogen-bond donors (Lipinski definition) is 1. The molecule has 0 aliphatic rings. The maximum atomic E-state index is 3.60. The molecule has 0 bridgehead atoms. The maximum absolute atomic E-state index is 3.60. The summed E-state index contributed by atoms with van der Waals surface area (Å²) < 4.78 is 0. The van der Waals surface area contributed by atoms with E-state index in [9.17, 15) is 0 Å². The maximum Gasteiger partial charge on any atom is 0.0487 e. The van der Waals surface area contributed by atoms with E-state index in [-0.39, 0.29) is 17.1 Å². The van der Waals surface area contributed by atoms with Crippen molar-refractivity contribution in [1.29, 1.82) is 0 Å². The fourth-order valence-corrected chi connectivity index (χ4v) is 0.215. The molecule has 6 heavy (non-hydrogen) atoms. The first kappa shape index (κ1) is 5.73. The third-order valence-corrected chi connectivity index (χ3v) is 0.406. The molecule has 0 atom stereocenters. The molecule has 0 fully saturated rings. The molecule has 1 aromatic heterocycles. The van der Waals surface area contributed by atoms with Gasteiger partial charge in [-0.25, -0.2) is 0 Å². The Balaban J connectivity index is 0.000000250. The summed E-state index contributed by atoms with van der Waals surface area (Å²) in [4.78, 5) is 0. The van der Waals surface area contributed by atoms with E-state index in [0.29, 0.717) is 0 Å². The third kappa shape index (κ3) is 1.24. The Kier molecular flexibility index (Phi) is 2.81. The van der Waals surface area contributed by atoms with Gasteiger partial charge < -0.3 is 0 Å². The second-order valence-electron chi connectivity index (χ2n) is 0.766. The van der Waals surface area contributed by atoms with Gasteiger partial charge in [0.15, 0.2) is 0 Å². The molecule has 0 aliphatic heterocycles. The topological polar surface area (TPSA) is 28.7 Å². The van der Waals surface area contributed by atoms with Gasteiger partial charge in [-0.3, -0.25) is 5.10 Å². The molecule has 1 rings (SSSR count). The minimum atomic E-state index is 0. The quantitative estimate of drug-likeness (QED) is 0.494. The van der Waals surface area contributed by atoms with Gasteiger partial charge in [0.1, 0.15) is 0 Å². The Labute approximate surface area is 46.4 Å². The summed E-state index contributed by atoms with van der Waals surface area (Å²) in [6.45, 7) is 0. The average Bonchev–Trinajstić information content (AvgIpc) is 1.76. The molecule has 0 aromatic carbocycles. The molecule has 2 nitrogen and oxygen atoms in total. The van der Waals surface area contributed by atoms with E-state index in [1.165, 1.54) is 0 Å². The first-order valence-electron chi connectivity index (χ1n) is 1.44. The van der Waals surface area contributed by atoms with Crippen LogP contribution in [-0.2, 0) is 0 Å². The standard InChI is InChI=1S/C3H4N2.H2Se/c1-2-4-5-3-1;/h1-3H,(H,4,5);1H2. The summed E-state index contributed by atoms with van der Waals surface area (Å²) in [5.41, 5.74) is 0. The summed E-state index contributed by atoms with van der Waals surface area (Å²) in [7, 11) is 0. The zero-order valence-corrected chi connectivity index (χ0v) is 5.28. The van der Waals surface area contributed by atoms with E-state index in [1.54, 1.807) is 12.4 Å². The van der Waals surface area contributed by atoms with Crippen molar-refractivity contribution in [2.75, 3.05) is 0 Å². The van der Waals surface area contributed by atoms with Gasteiger partial charge >= 0.3 is 17.1 Å². The van der Waals surface area contributed by atoms with Gasteiger partial charge in [-0.1, -0.05) is 0 Å². The smallest absolute Gasteiger partial charge is 0.0487 e. The van der Waals surface area contributed by atoms with E-state index < -0.39 is 0 Å². The van der Waals surface area contributed by atoms with Crippen LogP contribution in [0.2, 0.25) is 0 Å². The summed E-state index contributed by atoms with van der Waals surface area (Å²) in [5, 5.41) is 6.21. The van der Waals surface area contributed by atoms with Gasteiger partial charge in [0.05, 0.1) is 0 Å². The second kappa shape index (κ2) is 2.94. The number of rotatable bonds is 0. The van der Waals surface area contributed by atoms with Crippen molar-refractivity contribution in [3.05, 3.63) is 18.5 Å². The predicted molar refractivity (Wildman–Crippen MR) is 27.1 cm³/mol. The molecule has 1 heterocycles. The van der Waals surface area contributed by atoms with Gasteiger partial charge in [-0.2, -0.15) is 5.10 Å². The number of nitrogens with one attached hydrogen (secondary N) is 1. The molecule has 3 heteroatoms. The van der Waals surface area contributed by atoms with Crippen LogP contribution in [0.15, 0.2) is 18.5 Å². The SMILES string of the molecule is [SeH2].c1cn[nH]c1. The van der Waals surface area contributed by atoms with Crippen LogP contribution >= 0.6 is 0 Å². The van der Waals surface area contributed by atoms with Crippen molar-refractivity contribution in [2.24, 2.45) is 0 Å². The molecule has 34 valence electrons. The van der Waals surface area contributed by atoms with Crippen LogP contribution in [-0.4, -0.2) is 27.3 Å². The van der Waals surface area contributed by atoms with E-state index in [0.717, 1.165) is 0 Å². The first-order chi connectivity index (χ1) is 2.50. The fourth-order valence-electron chi connectivity index (χ4n) is 0.215. The molecule has 0 saturated heterocycles. The fraction of sp³-hybridized carbons (Fsp3) is 0.